The lowest BCUT2D eigenvalue weighted by Gasteiger charge is -2.26. The van der Waals surface area contributed by atoms with Gasteiger partial charge in [0.25, 0.3) is 0 Å². The number of benzene rings is 3. The molecule has 0 saturated heterocycles. The first kappa shape index (κ1) is 21.4. The third-order valence-corrected chi connectivity index (χ3v) is 5.16. The summed E-state index contributed by atoms with van der Waals surface area (Å²) in [5.41, 5.74) is 3.30. The van der Waals surface area contributed by atoms with Crippen LogP contribution in [0.5, 0.6) is 11.5 Å². The van der Waals surface area contributed by atoms with Crippen LogP contribution in [0, 0.1) is 5.92 Å². The van der Waals surface area contributed by atoms with Crippen LogP contribution in [0.25, 0.3) is 0 Å². The monoisotopic (exact) mass is 403 g/mol. The second-order valence-electron chi connectivity index (χ2n) is 7.46. The van der Waals surface area contributed by atoms with Crippen LogP contribution in [0.4, 0.5) is 0 Å². The standard InChI is InChI=1S/C26H29NO3/c1-20(16-23-14-15-24(29-2)25(17-23)30-3)26(28)27(18-21-10-6-4-7-11-21)19-22-12-8-5-9-13-22/h4-15,17,20H,16,18-19H2,1-3H3. The molecule has 30 heavy (non-hydrogen) atoms. The lowest BCUT2D eigenvalue weighted by molar-refractivity contribution is -0.136. The van der Waals surface area contributed by atoms with E-state index in [1.165, 1.54) is 0 Å². The molecule has 0 aliphatic rings. The molecular formula is C26H29NO3. The van der Waals surface area contributed by atoms with Gasteiger partial charge in [-0.3, -0.25) is 4.79 Å². The van der Waals surface area contributed by atoms with Gasteiger partial charge >= 0.3 is 0 Å². The Morgan fingerprint density at radius 1 is 0.767 bits per heavy atom. The number of amides is 1. The maximum Gasteiger partial charge on any atom is 0.226 e. The Bertz CT molecular complexity index is 900. The Morgan fingerprint density at radius 3 is 1.80 bits per heavy atom. The molecule has 0 aromatic heterocycles. The van der Waals surface area contributed by atoms with Crippen molar-refractivity contribution in [2.75, 3.05) is 14.2 Å². The lowest BCUT2D eigenvalue weighted by Crippen LogP contribution is -2.35. The lowest BCUT2D eigenvalue weighted by atomic mass is 9.98. The van der Waals surface area contributed by atoms with Gasteiger partial charge in [-0.15, -0.1) is 0 Å². The van der Waals surface area contributed by atoms with Crippen molar-refractivity contribution in [1.82, 2.24) is 4.90 Å². The van der Waals surface area contributed by atoms with Crippen LogP contribution in [0.15, 0.2) is 78.9 Å². The SMILES string of the molecule is COc1ccc(CC(C)C(=O)N(Cc2ccccc2)Cc2ccccc2)cc1OC. The highest BCUT2D eigenvalue weighted by atomic mass is 16.5. The van der Waals surface area contributed by atoms with Gasteiger partial charge in [0.15, 0.2) is 11.5 Å². The summed E-state index contributed by atoms with van der Waals surface area (Å²) in [5, 5.41) is 0. The molecule has 3 aromatic rings. The first-order valence-corrected chi connectivity index (χ1v) is 10.2. The molecular weight excluding hydrogens is 374 g/mol. The van der Waals surface area contributed by atoms with E-state index in [2.05, 4.69) is 24.3 Å². The van der Waals surface area contributed by atoms with Gasteiger partial charge < -0.3 is 14.4 Å². The molecule has 0 fully saturated rings. The minimum atomic E-state index is -0.157. The summed E-state index contributed by atoms with van der Waals surface area (Å²) in [5.74, 6) is 1.35. The van der Waals surface area contributed by atoms with Crippen LogP contribution < -0.4 is 9.47 Å². The summed E-state index contributed by atoms with van der Waals surface area (Å²) >= 11 is 0. The highest BCUT2D eigenvalue weighted by Gasteiger charge is 2.22. The van der Waals surface area contributed by atoms with Crippen molar-refractivity contribution < 1.29 is 14.3 Å². The first-order chi connectivity index (χ1) is 14.6. The second kappa shape index (κ2) is 10.5. The molecule has 3 rings (SSSR count). The van der Waals surface area contributed by atoms with Crippen molar-refractivity contribution in [2.45, 2.75) is 26.4 Å². The van der Waals surface area contributed by atoms with Crippen LogP contribution in [0.3, 0.4) is 0 Å². The molecule has 3 aromatic carbocycles. The van der Waals surface area contributed by atoms with E-state index in [1.807, 2.05) is 66.4 Å². The van der Waals surface area contributed by atoms with Crippen molar-refractivity contribution in [3.8, 4) is 11.5 Å². The number of nitrogens with zero attached hydrogens (tertiary/aromatic N) is 1. The third-order valence-electron chi connectivity index (χ3n) is 5.16. The van der Waals surface area contributed by atoms with Gasteiger partial charge in [-0.2, -0.15) is 0 Å². The number of rotatable bonds is 9. The quantitative estimate of drug-likeness (QED) is 0.498. The molecule has 0 bridgehead atoms. The number of carbonyl (C=O) groups is 1. The van der Waals surface area contributed by atoms with E-state index in [-0.39, 0.29) is 11.8 Å². The number of hydrogen-bond donors (Lipinski definition) is 0. The molecule has 0 N–H and O–H groups in total. The summed E-state index contributed by atoms with van der Waals surface area (Å²) < 4.78 is 10.7. The van der Waals surface area contributed by atoms with Crippen molar-refractivity contribution in [3.63, 3.8) is 0 Å². The zero-order valence-electron chi connectivity index (χ0n) is 17.9. The van der Waals surface area contributed by atoms with E-state index in [0.29, 0.717) is 31.0 Å². The third kappa shape index (κ3) is 5.63. The van der Waals surface area contributed by atoms with Crippen molar-refractivity contribution in [3.05, 3.63) is 95.6 Å². The molecule has 156 valence electrons. The molecule has 0 aliphatic heterocycles. The molecule has 1 atom stereocenters. The fourth-order valence-corrected chi connectivity index (χ4v) is 3.58. The summed E-state index contributed by atoms with van der Waals surface area (Å²) in [7, 11) is 3.24. The molecule has 0 radical (unpaired) electrons. The van der Waals surface area contributed by atoms with Crippen LogP contribution in [0.2, 0.25) is 0 Å². The number of methoxy groups -OCH3 is 2. The Morgan fingerprint density at radius 2 is 1.30 bits per heavy atom. The van der Waals surface area contributed by atoms with Crippen LogP contribution in [-0.4, -0.2) is 25.0 Å². The zero-order valence-corrected chi connectivity index (χ0v) is 17.9. The van der Waals surface area contributed by atoms with Gasteiger partial charge in [0.05, 0.1) is 14.2 Å². The van der Waals surface area contributed by atoms with Crippen LogP contribution in [-0.2, 0) is 24.3 Å². The molecule has 0 spiro atoms. The molecule has 0 saturated carbocycles. The van der Waals surface area contributed by atoms with Gasteiger partial charge in [-0.25, -0.2) is 0 Å². The molecule has 4 nitrogen and oxygen atoms in total. The maximum atomic E-state index is 13.4. The molecule has 1 amide bonds. The Labute approximate surface area is 179 Å². The van der Waals surface area contributed by atoms with E-state index >= 15 is 0 Å². The maximum absolute atomic E-state index is 13.4. The fourth-order valence-electron chi connectivity index (χ4n) is 3.58. The second-order valence-corrected chi connectivity index (χ2v) is 7.46. The Balaban J connectivity index is 1.77. The minimum Gasteiger partial charge on any atom is -0.493 e. The van der Waals surface area contributed by atoms with E-state index in [9.17, 15) is 4.79 Å². The predicted molar refractivity (Wildman–Crippen MR) is 120 cm³/mol. The van der Waals surface area contributed by atoms with Crippen LogP contribution >= 0.6 is 0 Å². The Kier molecular flexibility index (Phi) is 7.50. The first-order valence-electron chi connectivity index (χ1n) is 10.2. The minimum absolute atomic E-state index is 0.137. The van der Waals surface area contributed by atoms with Gasteiger partial charge in [-0.05, 0) is 35.2 Å². The molecule has 0 heterocycles. The van der Waals surface area contributed by atoms with Crippen molar-refractivity contribution in [2.24, 2.45) is 5.92 Å². The summed E-state index contributed by atoms with van der Waals surface area (Å²) in [6.07, 6.45) is 0.638. The fraction of sp³-hybridized carbons (Fsp3) is 0.269. The van der Waals surface area contributed by atoms with Gasteiger partial charge in [0, 0.05) is 19.0 Å². The van der Waals surface area contributed by atoms with Crippen molar-refractivity contribution in [1.29, 1.82) is 0 Å². The number of ether oxygens (including phenoxy) is 2. The topological polar surface area (TPSA) is 38.8 Å². The van der Waals surface area contributed by atoms with Crippen molar-refractivity contribution >= 4 is 5.91 Å². The zero-order chi connectivity index (χ0) is 21.3. The van der Waals surface area contributed by atoms with E-state index in [4.69, 9.17) is 9.47 Å². The largest absolute Gasteiger partial charge is 0.493 e. The smallest absolute Gasteiger partial charge is 0.226 e. The molecule has 1 unspecified atom stereocenters. The molecule has 0 aliphatic carbocycles. The summed E-state index contributed by atoms with van der Waals surface area (Å²) in [6, 6.07) is 26.1. The summed E-state index contributed by atoms with van der Waals surface area (Å²) in [4.78, 5) is 15.3. The van der Waals surface area contributed by atoms with E-state index in [1.54, 1.807) is 14.2 Å². The molecule has 4 heteroatoms. The highest BCUT2D eigenvalue weighted by molar-refractivity contribution is 5.79. The highest BCUT2D eigenvalue weighted by Crippen LogP contribution is 2.29. The average molecular weight is 404 g/mol. The number of carbonyl (C=O) groups excluding carboxylic acids is 1. The normalized spacial score (nSPS) is 11.6. The van der Waals surface area contributed by atoms with Gasteiger partial charge in [0.1, 0.15) is 0 Å². The Hall–Kier alpha value is -3.27. The van der Waals surface area contributed by atoms with Gasteiger partial charge in [0.2, 0.25) is 5.91 Å². The predicted octanol–water partition coefficient (Wildman–Crippen LogP) is 5.11. The van der Waals surface area contributed by atoms with E-state index in [0.717, 1.165) is 16.7 Å². The number of hydrogen-bond acceptors (Lipinski definition) is 3. The average Bonchev–Trinajstić information content (AvgIpc) is 2.79. The van der Waals surface area contributed by atoms with E-state index < -0.39 is 0 Å². The van der Waals surface area contributed by atoms with Crippen LogP contribution in [0.1, 0.15) is 23.6 Å². The van der Waals surface area contributed by atoms with Gasteiger partial charge in [-0.1, -0.05) is 73.7 Å². The summed E-state index contributed by atoms with van der Waals surface area (Å²) in [6.45, 7) is 3.16.